The summed E-state index contributed by atoms with van der Waals surface area (Å²) >= 11 is 9.28. The molecule has 0 amide bonds. The highest BCUT2D eigenvalue weighted by molar-refractivity contribution is 9.10. The lowest BCUT2D eigenvalue weighted by Gasteiger charge is -2.21. The average Bonchev–Trinajstić information content (AvgIpc) is 3.19. The van der Waals surface area contributed by atoms with Crippen molar-refractivity contribution in [1.82, 2.24) is 4.90 Å². The number of carboxylic acids is 1. The van der Waals surface area contributed by atoms with Crippen LogP contribution >= 0.6 is 27.5 Å². The fraction of sp³-hybridized carbons (Fsp3) is 0.500. The molecule has 1 aromatic carbocycles. The third-order valence-electron chi connectivity index (χ3n) is 3.21. The van der Waals surface area contributed by atoms with Gasteiger partial charge in [-0.15, -0.1) is 0 Å². The quantitative estimate of drug-likeness (QED) is 0.770. The molecular formula is C14H17BrClNO3. The van der Waals surface area contributed by atoms with Crippen LogP contribution in [-0.2, 0) is 4.79 Å². The maximum atomic E-state index is 10.6. The number of hydrogen-bond donors (Lipinski definition) is 1. The number of carbonyl (C=O) groups is 1. The maximum Gasteiger partial charge on any atom is 0.304 e. The van der Waals surface area contributed by atoms with Crippen LogP contribution in [-0.4, -0.2) is 41.7 Å². The number of rotatable bonds is 8. The molecule has 0 bridgehead atoms. The highest BCUT2D eigenvalue weighted by Crippen LogP contribution is 2.29. The Kier molecular flexibility index (Phi) is 5.69. The molecule has 1 aromatic rings. The summed E-state index contributed by atoms with van der Waals surface area (Å²) in [7, 11) is 0. The summed E-state index contributed by atoms with van der Waals surface area (Å²) in [6, 6.07) is 5.93. The highest BCUT2D eigenvalue weighted by atomic mass is 79.9. The van der Waals surface area contributed by atoms with Gasteiger partial charge in [0.25, 0.3) is 0 Å². The van der Waals surface area contributed by atoms with Gasteiger partial charge < -0.3 is 9.84 Å². The molecule has 1 aliphatic rings. The van der Waals surface area contributed by atoms with E-state index in [4.69, 9.17) is 21.4 Å². The normalized spacial score (nSPS) is 14.6. The van der Waals surface area contributed by atoms with Crippen molar-refractivity contribution < 1.29 is 14.6 Å². The first kappa shape index (κ1) is 15.6. The van der Waals surface area contributed by atoms with Gasteiger partial charge in [0.15, 0.2) is 0 Å². The zero-order chi connectivity index (χ0) is 14.5. The molecule has 0 aromatic heterocycles. The first-order chi connectivity index (χ1) is 9.56. The summed E-state index contributed by atoms with van der Waals surface area (Å²) in [5.74, 6) is 0.000366. The number of carboxylic acid groups (broad SMARTS) is 1. The third kappa shape index (κ3) is 4.96. The smallest absolute Gasteiger partial charge is 0.304 e. The van der Waals surface area contributed by atoms with Gasteiger partial charge in [0.05, 0.1) is 10.9 Å². The van der Waals surface area contributed by atoms with E-state index in [2.05, 4.69) is 20.8 Å². The molecule has 0 aliphatic heterocycles. The lowest BCUT2D eigenvalue weighted by molar-refractivity contribution is -0.137. The van der Waals surface area contributed by atoms with E-state index in [1.165, 1.54) is 0 Å². The first-order valence-corrected chi connectivity index (χ1v) is 7.77. The van der Waals surface area contributed by atoms with Gasteiger partial charge in [-0.05, 0) is 47.0 Å². The van der Waals surface area contributed by atoms with Crippen LogP contribution in [0.25, 0.3) is 0 Å². The minimum Gasteiger partial charge on any atom is -0.491 e. The van der Waals surface area contributed by atoms with Crippen LogP contribution in [0.2, 0.25) is 5.02 Å². The van der Waals surface area contributed by atoms with Crippen molar-refractivity contribution in [3.63, 3.8) is 0 Å². The van der Waals surface area contributed by atoms with Crippen LogP contribution in [0.5, 0.6) is 5.75 Å². The Morgan fingerprint density at radius 1 is 1.45 bits per heavy atom. The molecule has 0 heterocycles. The van der Waals surface area contributed by atoms with Gasteiger partial charge in [-0.1, -0.05) is 11.6 Å². The van der Waals surface area contributed by atoms with E-state index in [0.29, 0.717) is 24.2 Å². The van der Waals surface area contributed by atoms with Crippen LogP contribution in [0.4, 0.5) is 0 Å². The van der Waals surface area contributed by atoms with Gasteiger partial charge in [0.1, 0.15) is 12.4 Å². The second-order valence-electron chi connectivity index (χ2n) is 4.83. The van der Waals surface area contributed by atoms with Crippen LogP contribution in [0.15, 0.2) is 22.7 Å². The second-order valence-corrected chi connectivity index (χ2v) is 6.12. The third-order valence-corrected chi connectivity index (χ3v) is 4.06. The molecular weight excluding hydrogens is 346 g/mol. The summed E-state index contributed by atoms with van der Waals surface area (Å²) < 4.78 is 6.54. The zero-order valence-electron chi connectivity index (χ0n) is 11.0. The molecule has 0 saturated heterocycles. The Morgan fingerprint density at radius 2 is 2.20 bits per heavy atom. The van der Waals surface area contributed by atoms with Crippen molar-refractivity contribution in [2.75, 3.05) is 19.7 Å². The topological polar surface area (TPSA) is 49.8 Å². The van der Waals surface area contributed by atoms with Crippen molar-refractivity contribution in [1.29, 1.82) is 0 Å². The Bertz CT molecular complexity index is 479. The molecule has 2 rings (SSSR count). The number of nitrogens with zero attached hydrogens (tertiary/aromatic N) is 1. The van der Waals surface area contributed by atoms with E-state index in [1.54, 1.807) is 12.1 Å². The summed E-state index contributed by atoms with van der Waals surface area (Å²) in [4.78, 5) is 12.8. The highest BCUT2D eigenvalue weighted by Gasteiger charge is 2.28. The standard InChI is InChI=1S/C14H17BrClNO3/c15-12-9-10(16)1-4-13(12)20-8-7-17(11-2-3-11)6-5-14(18)19/h1,4,9,11H,2-3,5-8H2,(H,18,19). The minimum absolute atomic E-state index is 0.182. The predicted octanol–water partition coefficient (Wildman–Crippen LogP) is 3.42. The molecule has 6 heteroatoms. The van der Waals surface area contributed by atoms with E-state index >= 15 is 0 Å². The number of hydrogen-bond acceptors (Lipinski definition) is 3. The largest absolute Gasteiger partial charge is 0.491 e. The summed E-state index contributed by atoms with van der Waals surface area (Å²) in [6.45, 7) is 1.87. The van der Waals surface area contributed by atoms with Gasteiger partial charge in [-0.2, -0.15) is 0 Å². The van der Waals surface area contributed by atoms with Crippen LogP contribution < -0.4 is 4.74 Å². The van der Waals surface area contributed by atoms with E-state index in [0.717, 1.165) is 29.6 Å². The number of aliphatic carboxylic acids is 1. The van der Waals surface area contributed by atoms with Crippen molar-refractivity contribution >= 4 is 33.5 Å². The van der Waals surface area contributed by atoms with E-state index in [-0.39, 0.29) is 6.42 Å². The van der Waals surface area contributed by atoms with Crippen molar-refractivity contribution in [3.05, 3.63) is 27.7 Å². The molecule has 20 heavy (non-hydrogen) atoms. The van der Waals surface area contributed by atoms with E-state index in [9.17, 15) is 4.79 Å². The van der Waals surface area contributed by atoms with Gasteiger partial charge in [-0.3, -0.25) is 9.69 Å². The summed E-state index contributed by atoms with van der Waals surface area (Å²) in [5.41, 5.74) is 0. The molecule has 110 valence electrons. The molecule has 1 N–H and O–H groups in total. The van der Waals surface area contributed by atoms with Gasteiger partial charge in [0.2, 0.25) is 0 Å². The molecule has 0 atom stereocenters. The Labute approximate surface area is 131 Å². The van der Waals surface area contributed by atoms with Crippen molar-refractivity contribution in [2.24, 2.45) is 0 Å². The zero-order valence-corrected chi connectivity index (χ0v) is 13.4. The van der Waals surface area contributed by atoms with Gasteiger partial charge in [-0.25, -0.2) is 0 Å². The van der Waals surface area contributed by atoms with E-state index < -0.39 is 5.97 Å². The predicted molar refractivity (Wildman–Crippen MR) is 81.5 cm³/mol. The Morgan fingerprint density at radius 3 is 2.80 bits per heavy atom. The lowest BCUT2D eigenvalue weighted by Crippen LogP contribution is -2.32. The fourth-order valence-electron chi connectivity index (χ4n) is 2.02. The van der Waals surface area contributed by atoms with Crippen LogP contribution in [0.1, 0.15) is 19.3 Å². The lowest BCUT2D eigenvalue weighted by atomic mass is 10.3. The van der Waals surface area contributed by atoms with Crippen LogP contribution in [0, 0.1) is 0 Å². The molecule has 0 radical (unpaired) electrons. The SMILES string of the molecule is O=C(O)CCN(CCOc1ccc(Cl)cc1Br)C1CC1. The molecule has 0 spiro atoms. The number of ether oxygens (including phenoxy) is 1. The molecule has 1 saturated carbocycles. The molecule has 0 unspecified atom stereocenters. The van der Waals surface area contributed by atoms with E-state index in [1.807, 2.05) is 6.07 Å². The maximum absolute atomic E-state index is 10.6. The summed E-state index contributed by atoms with van der Waals surface area (Å²) in [5, 5.41) is 9.41. The molecule has 1 aliphatic carbocycles. The second kappa shape index (κ2) is 7.29. The Hall–Kier alpha value is -0.780. The van der Waals surface area contributed by atoms with Crippen molar-refractivity contribution in [2.45, 2.75) is 25.3 Å². The first-order valence-electron chi connectivity index (χ1n) is 6.60. The summed E-state index contributed by atoms with van der Waals surface area (Å²) in [6.07, 6.45) is 2.50. The fourth-order valence-corrected chi connectivity index (χ4v) is 2.82. The molecule has 1 fully saturated rings. The van der Waals surface area contributed by atoms with Crippen molar-refractivity contribution in [3.8, 4) is 5.75 Å². The van der Waals surface area contributed by atoms with Gasteiger partial charge in [0, 0.05) is 24.2 Å². The Balaban J connectivity index is 1.79. The number of benzene rings is 1. The molecule has 4 nitrogen and oxygen atoms in total. The minimum atomic E-state index is -0.753. The number of halogens is 2. The average molecular weight is 363 g/mol. The van der Waals surface area contributed by atoms with Gasteiger partial charge >= 0.3 is 5.97 Å². The van der Waals surface area contributed by atoms with Crippen LogP contribution in [0.3, 0.4) is 0 Å². The monoisotopic (exact) mass is 361 g/mol.